The number of hydrogen-bond acceptors (Lipinski definition) is 3. The topological polar surface area (TPSA) is 79.5 Å². The van der Waals surface area contributed by atoms with Gasteiger partial charge in [0.15, 0.2) is 0 Å². The molecule has 1 saturated heterocycles. The van der Waals surface area contributed by atoms with E-state index in [4.69, 9.17) is 5.73 Å². The van der Waals surface area contributed by atoms with Crippen LogP contribution in [0.15, 0.2) is 65.8 Å². The summed E-state index contributed by atoms with van der Waals surface area (Å²) in [5.41, 5.74) is 10.8. The summed E-state index contributed by atoms with van der Waals surface area (Å²) in [4.78, 5) is 10.9. The van der Waals surface area contributed by atoms with Gasteiger partial charge in [0.1, 0.15) is 0 Å². The van der Waals surface area contributed by atoms with Crippen LogP contribution in [0.1, 0.15) is 36.1 Å². The molecule has 23 heavy (non-hydrogen) atoms. The van der Waals surface area contributed by atoms with Crippen molar-refractivity contribution in [2.24, 2.45) is 10.8 Å². The third-order valence-electron chi connectivity index (χ3n) is 4.01. The van der Waals surface area contributed by atoms with E-state index in [1.165, 1.54) is 11.1 Å². The Morgan fingerprint density at radius 3 is 1.87 bits per heavy atom. The smallest absolute Gasteiger partial charge is 0.332 e. The molecule has 1 aliphatic heterocycles. The van der Waals surface area contributed by atoms with Crippen molar-refractivity contribution in [3.05, 3.63) is 71.8 Å². The van der Waals surface area contributed by atoms with E-state index in [1.807, 2.05) is 36.4 Å². The molecule has 1 aliphatic rings. The normalized spacial score (nSPS) is 20.8. The number of rotatable bonds is 3. The summed E-state index contributed by atoms with van der Waals surface area (Å²) in [7, 11) is 0. The fourth-order valence-electron chi connectivity index (χ4n) is 2.94. The average Bonchev–Trinajstić information content (AvgIpc) is 2.61. The molecule has 0 saturated carbocycles. The van der Waals surface area contributed by atoms with E-state index in [9.17, 15) is 4.79 Å². The van der Waals surface area contributed by atoms with Crippen LogP contribution in [-0.2, 0) is 0 Å². The Morgan fingerprint density at radius 2 is 1.43 bits per heavy atom. The lowest BCUT2D eigenvalue weighted by Gasteiger charge is -2.32. The Balaban J connectivity index is 1.86. The summed E-state index contributed by atoms with van der Waals surface area (Å²) in [5, 5.41) is 7.87. The average molecular weight is 308 g/mol. The zero-order valence-electron chi connectivity index (χ0n) is 12.8. The highest BCUT2D eigenvalue weighted by Crippen LogP contribution is 2.31. The molecule has 0 spiro atoms. The molecular weight excluding hydrogens is 288 g/mol. The van der Waals surface area contributed by atoms with Crippen molar-refractivity contribution in [3.8, 4) is 0 Å². The molecule has 0 aromatic heterocycles. The number of nitrogens with one attached hydrogen (secondary N) is 2. The quantitative estimate of drug-likeness (QED) is 0.762. The van der Waals surface area contributed by atoms with E-state index < -0.39 is 6.03 Å². The Hall–Kier alpha value is -2.66. The maximum Gasteiger partial charge on any atom is 0.332 e. The molecular formula is C18H20N4O. The number of nitrogens with two attached hydrogens (primary N) is 1. The van der Waals surface area contributed by atoms with E-state index in [0.29, 0.717) is 0 Å². The van der Waals surface area contributed by atoms with Gasteiger partial charge >= 0.3 is 6.03 Å². The van der Waals surface area contributed by atoms with Crippen LogP contribution in [0.4, 0.5) is 4.79 Å². The highest BCUT2D eigenvalue weighted by atomic mass is 16.2. The van der Waals surface area contributed by atoms with Crippen LogP contribution in [0.2, 0.25) is 0 Å². The molecule has 2 aromatic carbocycles. The van der Waals surface area contributed by atoms with Gasteiger partial charge < -0.3 is 11.1 Å². The Morgan fingerprint density at radius 1 is 0.957 bits per heavy atom. The Labute approximate surface area is 135 Å². The van der Waals surface area contributed by atoms with Gasteiger partial charge in [0.05, 0.1) is 0 Å². The van der Waals surface area contributed by atoms with Gasteiger partial charge in [-0.05, 0) is 11.1 Å². The lowest BCUT2D eigenvalue weighted by molar-refractivity contribution is 0.249. The first kappa shape index (κ1) is 15.2. The van der Waals surface area contributed by atoms with Crippen molar-refractivity contribution >= 4 is 11.7 Å². The molecule has 0 radical (unpaired) electrons. The molecule has 0 aliphatic carbocycles. The summed E-state index contributed by atoms with van der Waals surface area (Å²) in [6, 6.07) is 20.2. The Kier molecular flexibility index (Phi) is 4.68. The van der Waals surface area contributed by atoms with Crippen molar-refractivity contribution in [2.45, 2.75) is 24.9 Å². The largest absolute Gasteiger partial charge is 0.350 e. The number of hydrogen-bond donors (Lipinski definition) is 3. The molecule has 4 N–H and O–H groups in total. The molecule has 0 bridgehead atoms. The third kappa shape index (κ3) is 3.96. The molecule has 3 rings (SSSR count). The molecule has 118 valence electrons. The van der Waals surface area contributed by atoms with E-state index in [0.717, 1.165) is 18.6 Å². The molecule has 1 fully saturated rings. The number of amides is 2. The number of carbonyl (C=O) groups excluding carboxylic acids is 1. The maximum atomic E-state index is 10.9. The SMILES string of the molecule is NC(=O)NN=C1CC(c2ccccc2)NC(c2ccccc2)C1. The predicted octanol–water partition coefficient (Wildman–Crippen LogP) is 2.88. The van der Waals surface area contributed by atoms with Crippen LogP contribution in [0.5, 0.6) is 0 Å². The maximum absolute atomic E-state index is 10.9. The van der Waals surface area contributed by atoms with Crippen LogP contribution in [0, 0.1) is 0 Å². The number of carbonyl (C=O) groups is 1. The summed E-state index contributed by atoms with van der Waals surface area (Å²) < 4.78 is 0. The van der Waals surface area contributed by atoms with Gasteiger partial charge in [-0.25, -0.2) is 10.2 Å². The molecule has 5 nitrogen and oxygen atoms in total. The minimum absolute atomic E-state index is 0.156. The second kappa shape index (κ2) is 7.07. The molecule has 2 amide bonds. The first-order valence-electron chi connectivity index (χ1n) is 7.69. The van der Waals surface area contributed by atoms with Crippen LogP contribution < -0.4 is 16.5 Å². The highest BCUT2D eigenvalue weighted by molar-refractivity contribution is 5.88. The van der Waals surface area contributed by atoms with E-state index in [1.54, 1.807) is 0 Å². The zero-order valence-corrected chi connectivity index (χ0v) is 12.8. The summed E-state index contributed by atoms with van der Waals surface area (Å²) >= 11 is 0. The summed E-state index contributed by atoms with van der Waals surface area (Å²) in [5.74, 6) is 0. The number of benzene rings is 2. The standard InChI is InChI=1S/C18H20N4O/c19-18(23)22-21-15-11-16(13-7-3-1-4-8-13)20-17(12-15)14-9-5-2-6-10-14/h1-10,16-17,20H,11-12H2,(H3,19,22,23). The molecule has 5 heteroatoms. The number of urea groups is 1. The monoisotopic (exact) mass is 308 g/mol. The second-order valence-electron chi connectivity index (χ2n) is 5.66. The lowest BCUT2D eigenvalue weighted by Crippen LogP contribution is -2.36. The number of nitrogens with zero attached hydrogens (tertiary/aromatic N) is 1. The van der Waals surface area contributed by atoms with Crippen molar-refractivity contribution in [1.82, 2.24) is 10.7 Å². The third-order valence-corrected chi connectivity index (χ3v) is 4.01. The second-order valence-corrected chi connectivity index (χ2v) is 5.66. The van der Waals surface area contributed by atoms with Gasteiger partial charge in [-0.15, -0.1) is 0 Å². The minimum Gasteiger partial charge on any atom is -0.350 e. The number of piperidine rings is 1. The predicted molar refractivity (Wildman–Crippen MR) is 90.9 cm³/mol. The highest BCUT2D eigenvalue weighted by Gasteiger charge is 2.27. The number of primary amides is 1. The zero-order chi connectivity index (χ0) is 16.1. The number of hydrazone groups is 1. The van der Waals surface area contributed by atoms with E-state index in [-0.39, 0.29) is 12.1 Å². The van der Waals surface area contributed by atoms with E-state index in [2.05, 4.69) is 40.1 Å². The first-order chi connectivity index (χ1) is 11.2. The van der Waals surface area contributed by atoms with Crippen LogP contribution in [0.25, 0.3) is 0 Å². The van der Waals surface area contributed by atoms with Crippen molar-refractivity contribution < 1.29 is 4.79 Å². The van der Waals surface area contributed by atoms with Gasteiger partial charge in [-0.2, -0.15) is 5.10 Å². The fourth-order valence-corrected chi connectivity index (χ4v) is 2.94. The van der Waals surface area contributed by atoms with Gasteiger partial charge in [0, 0.05) is 30.6 Å². The van der Waals surface area contributed by atoms with Crippen molar-refractivity contribution in [2.75, 3.05) is 0 Å². The summed E-state index contributed by atoms with van der Waals surface area (Å²) in [6.07, 6.45) is 1.49. The van der Waals surface area contributed by atoms with Crippen LogP contribution in [0.3, 0.4) is 0 Å². The molecule has 2 unspecified atom stereocenters. The van der Waals surface area contributed by atoms with Gasteiger partial charge in [0.25, 0.3) is 0 Å². The van der Waals surface area contributed by atoms with Crippen LogP contribution >= 0.6 is 0 Å². The molecule has 1 heterocycles. The van der Waals surface area contributed by atoms with Crippen molar-refractivity contribution in [1.29, 1.82) is 0 Å². The molecule has 2 atom stereocenters. The van der Waals surface area contributed by atoms with E-state index >= 15 is 0 Å². The molecule has 2 aromatic rings. The lowest BCUT2D eigenvalue weighted by atomic mass is 9.89. The fraction of sp³-hybridized carbons (Fsp3) is 0.222. The first-order valence-corrected chi connectivity index (χ1v) is 7.69. The van der Waals surface area contributed by atoms with Gasteiger partial charge in [0.2, 0.25) is 0 Å². The summed E-state index contributed by atoms with van der Waals surface area (Å²) in [6.45, 7) is 0. The van der Waals surface area contributed by atoms with Crippen molar-refractivity contribution in [3.63, 3.8) is 0 Å². The Bertz CT molecular complexity index is 635. The van der Waals surface area contributed by atoms with Crippen LogP contribution in [-0.4, -0.2) is 11.7 Å². The van der Waals surface area contributed by atoms with Gasteiger partial charge in [-0.3, -0.25) is 0 Å². The minimum atomic E-state index is -0.636. The van der Waals surface area contributed by atoms with Gasteiger partial charge in [-0.1, -0.05) is 60.7 Å².